The van der Waals surface area contributed by atoms with Crippen molar-refractivity contribution in [2.24, 2.45) is 5.73 Å². The molecule has 0 aliphatic carbocycles. The molecule has 4 N–H and O–H groups in total. The second kappa shape index (κ2) is 6.24. The molecule has 21 heavy (non-hydrogen) atoms. The molecule has 1 atom stereocenters. The fourth-order valence-electron chi connectivity index (χ4n) is 2.35. The first-order valence-electron chi connectivity index (χ1n) is 6.90. The van der Waals surface area contributed by atoms with Crippen LogP contribution in [0.4, 0.5) is 0 Å². The van der Waals surface area contributed by atoms with Crippen molar-refractivity contribution in [3.63, 3.8) is 0 Å². The molecule has 6 heteroatoms. The summed E-state index contributed by atoms with van der Waals surface area (Å²) in [6, 6.07) is 6.39. The van der Waals surface area contributed by atoms with Gasteiger partial charge in [0.2, 0.25) is 5.91 Å². The number of hydrogen-bond acceptors (Lipinski definition) is 4. The van der Waals surface area contributed by atoms with Crippen molar-refractivity contribution < 1.29 is 19.4 Å². The second-order valence-electron chi connectivity index (χ2n) is 5.38. The van der Waals surface area contributed by atoms with Crippen LogP contribution in [0.25, 0.3) is 0 Å². The van der Waals surface area contributed by atoms with E-state index in [1.54, 1.807) is 12.1 Å². The Hall–Kier alpha value is -1.92. The molecule has 1 aliphatic heterocycles. The minimum absolute atomic E-state index is 0.245. The first-order chi connectivity index (χ1) is 9.94. The number of benzene rings is 1. The summed E-state index contributed by atoms with van der Waals surface area (Å²) in [5.41, 5.74) is 6.37. The second-order valence-corrected chi connectivity index (χ2v) is 5.38. The third-order valence-electron chi connectivity index (χ3n) is 3.84. The van der Waals surface area contributed by atoms with E-state index in [1.165, 1.54) is 0 Å². The SMILES string of the molecule is Cc1ccc(C(N)C(=O)NC2(C(=O)O)CCOCC2)cc1. The van der Waals surface area contributed by atoms with Crippen LogP contribution in [0.2, 0.25) is 0 Å². The summed E-state index contributed by atoms with van der Waals surface area (Å²) >= 11 is 0. The lowest BCUT2D eigenvalue weighted by molar-refractivity contribution is -0.152. The predicted molar refractivity (Wildman–Crippen MR) is 76.7 cm³/mol. The highest BCUT2D eigenvalue weighted by Crippen LogP contribution is 2.22. The van der Waals surface area contributed by atoms with Crippen LogP contribution in [0.3, 0.4) is 0 Å². The minimum Gasteiger partial charge on any atom is -0.480 e. The van der Waals surface area contributed by atoms with E-state index in [9.17, 15) is 14.7 Å². The average molecular weight is 292 g/mol. The number of nitrogens with two attached hydrogens (primary N) is 1. The van der Waals surface area contributed by atoms with E-state index in [0.717, 1.165) is 5.56 Å². The van der Waals surface area contributed by atoms with Crippen LogP contribution in [0, 0.1) is 6.92 Å². The van der Waals surface area contributed by atoms with Crippen molar-refractivity contribution >= 4 is 11.9 Å². The number of nitrogens with one attached hydrogen (secondary N) is 1. The van der Waals surface area contributed by atoms with Gasteiger partial charge in [-0.15, -0.1) is 0 Å². The molecule has 1 heterocycles. The lowest BCUT2D eigenvalue weighted by Crippen LogP contribution is -2.59. The summed E-state index contributed by atoms with van der Waals surface area (Å²) in [7, 11) is 0. The number of aryl methyl sites for hydroxylation is 1. The Bertz CT molecular complexity index is 521. The van der Waals surface area contributed by atoms with Crippen molar-refractivity contribution in [3.8, 4) is 0 Å². The fourth-order valence-corrected chi connectivity index (χ4v) is 2.35. The number of rotatable bonds is 4. The van der Waals surface area contributed by atoms with Crippen molar-refractivity contribution in [1.29, 1.82) is 0 Å². The minimum atomic E-state index is -1.28. The lowest BCUT2D eigenvalue weighted by atomic mass is 9.89. The van der Waals surface area contributed by atoms with Crippen molar-refractivity contribution in [2.45, 2.75) is 31.3 Å². The van der Waals surface area contributed by atoms with Gasteiger partial charge in [0, 0.05) is 26.1 Å². The molecule has 0 aromatic heterocycles. The fraction of sp³-hybridized carbons (Fsp3) is 0.467. The maximum atomic E-state index is 12.3. The monoisotopic (exact) mass is 292 g/mol. The van der Waals surface area contributed by atoms with E-state index in [-0.39, 0.29) is 12.8 Å². The molecule has 1 aromatic carbocycles. The molecule has 6 nitrogen and oxygen atoms in total. The molecule has 1 fully saturated rings. The first kappa shape index (κ1) is 15.5. The van der Waals surface area contributed by atoms with Gasteiger partial charge in [0.15, 0.2) is 0 Å². The molecular weight excluding hydrogens is 272 g/mol. The van der Waals surface area contributed by atoms with Crippen LogP contribution in [-0.2, 0) is 14.3 Å². The number of ether oxygens (including phenoxy) is 1. The van der Waals surface area contributed by atoms with Crippen LogP contribution in [0.1, 0.15) is 30.0 Å². The smallest absolute Gasteiger partial charge is 0.329 e. The van der Waals surface area contributed by atoms with Crippen LogP contribution in [0.15, 0.2) is 24.3 Å². The Morgan fingerprint density at radius 3 is 2.38 bits per heavy atom. The summed E-state index contributed by atoms with van der Waals surface area (Å²) in [6.07, 6.45) is 0.489. The van der Waals surface area contributed by atoms with E-state index < -0.39 is 23.5 Å². The van der Waals surface area contributed by atoms with Gasteiger partial charge in [0.05, 0.1) is 0 Å². The van der Waals surface area contributed by atoms with Crippen LogP contribution < -0.4 is 11.1 Å². The molecular formula is C15H20N2O4. The van der Waals surface area contributed by atoms with Gasteiger partial charge in [-0.3, -0.25) is 4.79 Å². The van der Waals surface area contributed by atoms with E-state index in [1.807, 2.05) is 19.1 Å². The van der Waals surface area contributed by atoms with Gasteiger partial charge in [0.1, 0.15) is 11.6 Å². The first-order valence-corrected chi connectivity index (χ1v) is 6.90. The highest BCUT2D eigenvalue weighted by Gasteiger charge is 2.42. The zero-order valence-corrected chi connectivity index (χ0v) is 12.0. The number of carboxylic acids is 1. The maximum absolute atomic E-state index is 12.3. The molecule has 0 spiro atoms. The zero-order valence-electron chi connectivity index (χ0n) is 12.0. The normalized spacial score (nSPS) is 18.8. The molecule has 114 valence electrons. The number of carboxylic acid groups (broad SMARTS) is 1. The van der Waals surface area contributed by atoms with Gasteiger partial charge in [-0.25, -0.2) is 4.79 Å². The van der Waals surface area contributed by atoms with Gasteiger partial charge >= 0.3 is 5.97 Å². The van der Waals surface area contributed by atoms with E-state index in [2.05, 4.69) is 5.32 Å². The van der Waals surface area contributed by atoms with Gasteiger partial charge in [-0.2, -0.15) is 0 Å². The zero-order chi connectivity index (χ0) is 15.5. The van der Waals surface area contributed by atoms with E-state index >= 15 is 0 Å². The standard InChI is InChI=1S/C15H20N2O4/c1-10-2-4-11(5-3-10)12(16)13(18)17-15(14(19)20)6-8-21-9-7-15/h2-5,12H,6-9,16H2,1H3,(H,17,18)(H,19,20). The quantitative estimate of drug-likeness (QED) is 0.760. The summed E-state index contributed by atoms with van der Waals surface area (Å²) < 4.78 is 5.17. The molecule has 1 amide bonds. The third-order valence-corrected chi connectivity index (χ3v) is 3.84. The number of amides is 1. The molecule has 1 unspecified atom stereocenters. The third kappa shape index (κ3) is 3.40. The summed E-state index contributed by atoms with van der Waals surface area (Å²) in [6.45, 7) is 2.57. The molecule has 1 aromatic rings. The molecule has 1 aliphatic rings. The molecule has 1 saturated heterocycles. The van der Waals surface area contributed by atoms with Crippen LogP contribution in [-0.4, -0.2) is 35.7 Å². The summed E-state index contributed by atoms with van der Waals surface area (Å²) in [5, 5.41) is 12.0. The number of carbonyl (C=O) groups excluding carboxylic acids is 1. The van der Waals surface area contributed by atoms with E-state index in [0.29, 0.717) is 18.8 Å². The highest BCUT2D eigenvalue weighted by molar-refractivity contribution is 5.90. The number of aliphatic carboxylic acids is 1. The van der Waals surface area contributed by atoms with Gasteiger partial charge in [-0.1, -0.05) is 29.8 Å². The van der Waals surface area contributed by atoms with E-state index in [4.69, 9.17) is 10.5 Å². The van der Waals surface area contributed by atoms with Crippen molar-refractivity contribution in [2.75, 3.05) is 13.2 Å². The Morgan fingerprint density at radius 1 is 1.29 bits per heavy atom. The Morgan fingerprint density at radius 2 is 1.86 bits per heavy atom. The Labute approximate surface area is 123 Å². The maximum Gasteiger partial charge on any atom is 0.329 e. The molecule has 0 radical (unpaired) electrons. The van der Waals surface area contributed by atoms with Crippen molar-refractivity contribution in [3.05, 3.63) is 35.4 Å². The van der Waals surface area contributed by atoms with Crippen LogP contribution >= 0.6 is 0 Å². The number of carbonyl (C=O) groups is 2. The predicted octanol–water partition coefficient (Wildman–Crippen LogP) is 0.745. The topological polar surface area (TPSA) is 102 Å². The number of hydrogen-bond donors (Lipinski definition) is 3. The van der Waals surface area contributed by atoms with Crippen LogP contribution in [0.5, 0.6) is 0 Å². The molecule has 0 bridgehead atoms. The Kier molecular flexibility index (Phi) is 4.59. The summed E-state index contributed by atoms with van der Waals surface area (Å²) in [5.74, 6) is -1.53. The van der Waals surface area contributed by atoms with Gasteiger partial charge in [0.25, 0.3) is 0 Å². The van der Waals surface area contributed by atoms with Gasteiger partial charge in [-0.05, 0) is 12.5 Å². The summed E-state index contributed by atoms with van der Waals surface area (Å²) in [4.78, 5) is 23.8. The average Bonchev–Trinajstić information content (AvgIpc) is 2.48. The molecule has 2 rings (SSSR count). The highest BCUT2D eigenvalue weighted by atomic mass is 16.5. The lowest BCUT2D eigenvalue weighted by Gasteiger charge is -2.34. The Balaban J connectivity index is 2.11. The largest absolute Gasteiger partial charge is 0.480 e. The van der Waals surface area contributed by atoms with Crippen molar-refractivity contribution in [1.82, 2.24) is 5.32 Å². The molecule has 0 saturated carbocycles. The van der Waals surface area contributed by atoms with Gasteiger partial charge < -0.3 is 20.9 Å².